The Kier molecular flexibility index (Phi) is 4.11. The lowest BCUT2D eigenvalue weighted by Crippen LogP contribution is -1.99. The topological polar surface area (TPSA) is 50.2 Å². The number of hydrogen-bond acceptors (Lipinski definition) is 3. The molecule has 1 aromatic heterocycles. The molecule has 0 saturated carbocycles. The minimum atomic E-state index is -1.06. The van der Waals surface area contributed by atoms with Crippen LogP contribution in [-0.2, 0) is 0 Å². The summed E-state index contributed by atoms with van der Waals surface area (Å²) in [5.74, 6) is -1.06. The van der Waals surface area contributed by atoms with Crippen LogP contribution in [0.2, 0.25) is 10.0 Å². The van der Waals surface area contributed by atoms with Crippen molar-refractivity contribution < 1.29 is 9.90 Å². The number of aromatic carboxylic acids is 1. The number of benzene rings is 1. The lowest BCUT2D eigenvalue weighted by atomic mass is 10.3. The number of nitrogens with zero attached hydrogens (tertiary/aromatic N) is 1. The van der Waals surface area contributed by atoms with Crippen molar-refractivity contribution in [2.45, 2.75) is 9.79 Å². The largest absolute Gasteiger partial charge is 0.477 e. The molecule has 0 bridgehead atoms. The van der Waals surface area contributed by atoms with Crippen LogP contribution < -0.4 is 0 Å². The van der Waals surface area contributed by atoms with Crippen LogP contribution in [0.4, 0.5) is 0 Å². The predicted octanol–water partition coefficient (Wildman–Crippen LogP) is 4.24. The highest BCUT2D eigenvalue weighted by Gasteiger charge is 2.08. The number of pyridine rings is 1. The molecule has 0 radical (unpaired) electrons. The highest BCUT2D eigenvalue weighted by atomic mass is 35.5. The molecule has 0 aliphatic carbocycles. The number of hydrogen-bond donors (Lipinski definition) is 1. The van der Waals surface area contributed by atoms with Gasteiger partial charge in [-0.25, -0.2) is 9.78 Å². The zero-order valence-electron chi connectivity index (χ0n) is 8.93. The molecule has 0 amide bonds. The first-order valence-corrected chi connectivity index (χ1v) is 6.46. The van der Waals surface area contributed by atoms with Gasteiger partial charge in [-0.3, -0.25) is 0 Å². The van der Waals surface area contributed by atoms with Gasteiger partial charge >= 0.3 is 5.97 Å². The molecule has 1 N–H and O–H groups in total. The number of halogens is 2. The second kappa shape index (κ2) is 5.61. The van der Waals surface area contributed by atoms with Crippen LogP contribution in [0.3, 0.4) is 0 Å². The van der Waals surface area contributed by atoms with Crippen molar-refractivity contribution in [1.82, 2.24) is 4.98 Å². The van der Waals surface area contributed by atoms with Gasteiger partial charge in [-0.2, -0.15) is 0 Å². The number of carboxylic acid groups (broad SMARTS) is 1. The molecule has 92 valence electrons. The molecular formula is C12H7Cl2NO2S. The molecule has 0 aliphatic rings. The molecular weight excluding hydrogens is 293 g/mol. The fourth-order valence-corrected chi connectivity index (χ4v) is 2.65. The Bertz CT molecular complexity index is 604. The van der Waals surface area contributed by atoms with Gasteiger partial charge in [0.2, 0.25) is 0 Å². The molecule has 0 atom stereocenters. The average Bonchev–Trinajstić information content (AvgIpc) is 2.34. The average molecular weight is 300 g/mol. The van der Waals surface area contributed by atoms with E-state index in [-0.39, 0.29) is 5.69 Å². The number of carboxylic acids is 1. The van der Waals surface area contributed by atoms with E-state index in [1.165, 1.54) is 24.0 Å². The molecule has 6 heteroatoms. The predicted molar refractivity (Wildman–Crippen MR) is 71.8 cm³/mol. The Morgan fingerprint density at radius 3 is 2.72 bits per heavy atom. The summed E-state index contributed by atoms with van der Waals surface area (Å²) in [6, 6.07) is 8.34. The third-order valence-corrected chi connectivity index (χ3v) is 3.80. The standard InChI is InChI=1S/C12H7Cl2NO2S/c13-7-1-2-9(14)11(5-7)18-8-3-4-15-10(6-8)12(16)17/h1-6H,(H,16,17). The van der Waals surface area contributed by atoms with Crippen molar-refractivity contribution >= 4 is 40.9 Å². The molecule has 0 spiro atoms. The van der Waals surface area contributed by atoms with Crippen LogP contribution in [0, 0.1) is 0 Å². The second-order valence-corrected chi connectivity index (χ2v) is 5.32. The van der Waals surface area contributed by atoms with Crippen LogP contribution in [0.25, 0.3) is 0 Å². The summed E-state index contributed by atoms with van der Waals surface area (Å²) in [4.78, 5) is 16.1. The molecule has 18 heavy (non-hydrogen) atoms. The highest BCUT2D eigenvalue weighted by Crippen LogP contribution is 2.34. The van der Waals surface area contributed by atoms with Crippen molar-refractivity contribution in [3.63, 3.8) is 0 Å². The Balaban J connectivity index is 2.31. The first kappa shape index (κ1) is 13.2. The van der Waals surface area contributed by atoms with E-state index in [1.807, 2.05) is 0 Å². The van der Waals surface area contributed by atoms with E-state index < -0.39 is 5.97 Å². The summed E-state index contributed by atoms with van der Waals surface area (Å²) in [6.07, 6.45) is 1.45. The second-order valence-electron chi connectivity index (χ2n) is 3.36. The maximum Gasteiger partial charge on any atom is 0.354 e. The Hall–Kier alpha value is -1.23. The quantitative estimate of drug-likeness (QED) is 0.921. The van der Waals surface area contributed by atoms with Gasteiger partial charge < -0.3 is 5.11 Å². The maximum absolute atomic E-state index is 10.8. The van der Waals surface area contributed by atoms with Crippen molar-refractivity contribution in [3.8, 4) is 0 Å². The molecule has 0 unspecified atom stereocenters. The molecule has 1 aromatic carbocycles. The zero-order valence-corrected chi connectivity index (χ0v) is 11.3. The van der Waals surface area contributed by atoms with E-state index in [9.17, 15) is 4.79 Å². The molecule has 2 aromatic rings. The number of aromatic nitrogens is 1. The summed E-state index contributed by atoms with van der Waals surface area (Å²) in [5, 5.41) is 10.0. The van der Waals surface area contributed by atoms with E-state index in [2.05, 4.69) is 4.98 Å². The Morgan fingerprint density at radius 2 is 2.00 bits per heavy atom. The Labute approximate surface area is 118 Å². The van der Waals surface area contributed by atoms with Crippen LogP contribution in [0.1, 0.15) is 10.5 Å². The van der Waals surface area contributed by atoms with Crippen molar-refractivity contribution in [2.24, 2.45) is 0 Å². The summed E-state index contributed by atoms with van der Waals surface area (Å²) < 4.78 is 0. The lowest BCUT2D eigenvalue weighted by Gasteiger charge is -2.05. The molecule has 0 saturated heterocycles. The summed E-state index contributed by atoms with van der Waals surface area (Å²) in [5.41, 5.74) is -0.00171. The molecule has 1 heterocycles. The van der Waals surface area contributed by atoms with Gasteiger partial charge in [-0.05, 0) is 30.3 Å². The third kappa shape index (κ3) is 3.16. The minimum absolute atomic E-state index is 0.00171. The van der Waals surface area contributed by atoms with Gasteiger partial charge in [0.15, 0.2) is 0 Å². The van der Waals surface area contributed by atoms with Gasteiger partial charge in [0.05, 0.1) is 5.02 Å². The van der Waals surface area contributed by atoms with Gasteiger partial charge in [0, 0.05) is 21.0 Å². The monoisotopic (exact) mass is 299 g/mol. The van der Waals surface area contributed by atoms with E-state index in [0.717, 1.165) is 9.79 Å². The van der Waals surface area contributed by atoms with Crippen LogP contribution >= 0.6 is 35.0 Å². The van der Waals surface area contributed by atoms with Gasteiger partial charge in [-0.1, -0.05) is 35.0 Å². The number of carbonyl (C=O) groups is 1. The van der Waals surface area contributed by atoms with Crippen molar-refractivity contribution in [1.29, 1.82) is 0 Å². The normalized spacial score (nSPS) is 10.3. The van der Waals surface area contributed by atoms with Gasteiger partial charge in [-0.15, -0.1) is 0 Å². The fraction of sp³-hybridized carbons (Fsp3) is 0. The van der Waals surface area contributed by atoms with Crippen LogP contribution in [-0.4, -0.2) is 16.1 Å². The zero-order chi connectivity index (χ0) is 13.1. The molecule has 2 rings (SSSR count). The third-order valence-electron chi connectivity index (χ3n) is 2.07. The first-order valence-electron chi connectivity index (χ1n) is 4.88. The summed E-state index contributed by atoms with van der Waals surface area (Å²) >= 11 is 13.3. The number of rotatable bonds is 3. The lowest BCUT2D eigenvalue weighted by molar-refractivity contribution is 0.0690. The fourth-order valence-electron chi connectivity index (χ4n) is 1.27. The SMILES string of the molecule is O=C(O)c1cc(Sc2cc(Cl)ccc2Cl)ccn1. The van der Waals surface area contributed by atoms with E-state index in [0.29, 0.717) is 10.0 Å². The van der Waals surface area contributed by atoms with Gasteiger partial charge in [0.25, 0.3) is 0 Å². The van der Waals surface area contributed by atoms with Crippen molar-refractivity contribution in [2.75, 3.05) is 0 Å². The molecule has 0 aliphatic heterocycles. The maximum atomic E-state index is 10.8. The highest BCUT2D eigenvalue weighted by molar-refractivity contribution is 7.99. The molecule has 0 fully saturated rings. The minimum Gasteiger partial charge on any atom is -0.477 e. The van der Waals surface area contributed by atoms with Gasteiger partial charge in [0.1, 0.15) is 5.69 Å². The molecule has 3 nitrogen and oxygen atoms in total. The van der Waals surface area contributed by atoms with E-state index in [1.54, 1.807) is 24.3 Å². The van der Waals surface area contributed by atoms with E-state index in [4.69, 9.17) is 28.3 Å². The summed E-state index contributed by atoms with van der Waals surface area (Å²) in [6.45, 7) is 0. The van der Waals surface area contributed by atoms with E-state index >= 15 is 0 Å². The smallest absolute Gasteiger partial charge is 0.354 e. The van der Waals surface area contributed by atoms with Crippen LogP contribution in [0.15, 0.2) is 46.3 Å². The van der Waals surface area contributed by atoms with Crippen molar-refractivity contribution in [3.05, 3.63) is 52.3 Å². The van der Waals surface area contributed by atoms with Crippen LogP contribution in [0.5, 0.6) is 0 Å². The Morgan fingerprint density at radius 1 is 1.22 bits per heavy atom. The first-order chi connectivity index (χ1) is 8.56. The summed E-state index contributed by atoms with van der Waals surface area (Å²) in [7, 11) is 0.